The Balaban J connectivity index is 1.61. The average molecular weight is 340 g/mol. The van der Waals surface area contributed by atoms with E-state index in [-0.39, 0.29) is 18.4 Å². The number of nitrogens with zero attached hydrogens (tertiary/aromatic N) is 2. The van der Waals surface area contributed by atoms with Crippen molar-refractivity contribution in [3.63, 3.8) is 0 Å². The summed E-state index contributed by atoms with van der Waals surface area (Å²) in [7, 11) is 1.36. The van der Waals surface area contributed by atoms with Crippen LogP contribution in [0.25, 0.3) is 0 Å². The van der Waals surface area contributed by atoms with Gasteiger partial charge in [0.15, 0.2) is 11.6 Å². The number of rotatable bonds is 3. The molecule has 0 bridgehead atoms. The quantitative estimate of drug-likeness (QED) is 0.802. The third kappa shape index (κ3) is 2.71. The van der Waals surface area contributed by atoms with Gasteiger partial charge in [-0.25, -0.2) is 4.98 Å². The van der Waals surface area contributed by atoms with Crippen molar-refractivity contribution in [2.75, 3.05) is 18.6 Å². The molecule has 1 unspecified atom stereocenters. The predicted molar refractivity (Wildman–Crippen MR) is 90.6 cm³/mol. The molecule has 130 valence electrons. The zero-order chi connectivity index (χ0) is 17.4. The molecule has 1 aromatic carbocycles. The normalized spacial score (nSPS) is 19.9. The summed E-state index contributed by atoms with van der Waals surface area (Å²) in [5, 5.41) is 0. The van der Waals surface area contributed by atoms with Crippen LogP contribution in [-0.4, -0.2) is 30.5 Å². The van der Waals surface area contributed by atoms with Crippen molar-refractivity contribution < 1.29 is 18.7 Å². The minimum atomic E-state index is -0.466. The number of hydrogen-bond acceptors (Lipinski definition) is 5. The summed E-state index contributed by atoms with van der Waals surface area (Å²) >= 11 is 0. The number of carbonyl (C=O) groups excluding carboxylic acids is 2. The lowest BCUT2D eigenvalue weighted by molar-refractivity contribution is -0.141. The van der Waals surface area contributed by atoms with Crippen LogP contribution in [0, 0.1) is 0 Å². The van der Waals surface area contributed by atoms with Gasteiger partial charge < -0.3 is 14.1 Å². The number of amides is 1. The molecule has 2 aromatic rings. The monoisotopic (exact) mass is 340 g/mol. The second-order valence-corrected chi connectivity index (χ2v) is 6.60. The number of ether oxygens (including phenoxy) is 1. The molecule has 0 radical (unpaired) electrons. The van der Waals surface area contributed by atoms with Gasteiger partial charge in [0.1, 0.15) is 12.2 Å². The van der Waals surface area contributed by atoms with Gasteiger partial charge in [-0.2, -0.15) is 0 Å². The second-order valence-electron chi connectivity index (χ2n) is 6.60. The van der Waals surface area contributed by atoms with Gasteiger partial charge in [-0.3, -0.25) is 9.59 Å². The third-order valence-electron chi connectivity index (χ3n) is 5.14. The molecule has 2 heterocycles. The lowest BCUT2D eigenvalue weighted by atomic mass is 10.0. The molecular weight excluding hydrogens is 320 g/mol. The topological polar surface area (TPSA) is 72.6 Å². The van der Waals surface area contributed by atoms with E-state index in [0.29, 0.717) is 17.5 Å². The number of fused-ring (bicyclic) bond motifs is 1. The Kier molecular flexibility index (Phi) is 4.03. The SMILES string of the molecule is COC(=O)C1CN(C(=O)c2coc(C3CCCC3)n2)c2ccccc21. The molecule has 25 heavy (non-hydrogen) atoms. The maximum Gasteiger partial charge on any atom is 0.315 e. The maximum atomic E-state index is 12.9. The van der Waals surface area contributed by atoms with Gasteiger partial charge in [0.05, 0.1) is 7.11 Å². The summed E-state index contributed by atoms with van der Waals surface area (Å²) in [5.74, 6) is -0.0826. The first-order valence-electron chi connectivity index (χ1n) is 8.63. The average Bonchev–Trinajstić information content (AvgIpc) is 3.39. The highest BCUT2D eigenvalue weighted by atomic mass is 16.5. The second kappa shape index (κ2) is 6.35. The molecule has 6 heteroatoms. The summed E-state index contributed by atoms with van der Waals surface area (Å²) in [6, 6.07) is 7.41. The van der Waals surface area contributed by atoms with E-state index in [1.54, 1.807) is 4.90 Å². The summed E-state index contributed by atoms with van der Waals surface area (Å²) in [6.07, 6.45) is 5.91. The van der Waals surface area contributed by atoms with E-state index in [2.05, 4.69) is 4.98 Å². The molecular formula is C19H20N2O4. The van der Waals surface area contributed by atoms with E-state index in [4.69, 9.17) is 9.15 Å². The van der Waals surface area contributed by atoms with E-state index < -0.39 is 5.92 Å². The number of methoxy groups -OCH3 is 1. The number of anilines is 1. The highest BCUT2D eigenvalue weighted by Crippen LogP contribution is 2.38. The minimum Gasteiger partial charge on any atom is -0.468 e. The third-order valence-corrected chi connectivity index (χ3v) is 5.14. The minimum absolute atomic E-state index is 0.244. The Morgan fingerprint density at radius 3 is 2.76 bits per heavy atom. The maximum absolute atomic E-state index is 12.9. The smallest absolute Gasteiger partial charge is 0.315 e. The van der Waals surface area contributed by atoms with Gasteiger partial charge >= 0.3 is 5.97 Å². The number of para-hydroxylation sites is 1. The van der Waals surface area contributed by atoms with E-state index in [1.165, 1.54) is 26.2 Å². The van der Waals surface area contributed by atoms with Crippen molar-refractivity contribution in [1.29, 1.82) is 0 Å². The Morgan fingerprint density at radius 2 is 2.00 bits per heavy atom. The highest BCUT2D eigenvalue weighted by Gasteiger charge is 2.38. The number of carbonyl (C=O) groups is 2. The lowest BCUT2D eigenvalue weighted by Crippen LogP contribution is -2.31. The Hall–Kier alpha value is -2.63. The lowest BCUT2D eigenvalue weighted by Gasteiger charge is -2.15. The summed E-state index contributed by atoms with van der Waals surface area (Å²) < 4.78 is 10.4. The molecule has 1 atom stereocenters. The first-order valence-corrected chi connectivity index (χ1v) is 8.63. The molecule has 4 rings (SSSR count). The molecule has 1 aromatic heterocycles. The zero-order valence-electron chi connectivity index (χ0n) is 14.1. The Bertz CT molecular complexity index is 807. The number of oxazole rings is 1. The van der Waals surface area contributed by atoms with Crippen molar-refractivity contribution in [1.82, 2.24) is 4.98 Å². The molecule has 0 saturated heterocycles. The van der Waals surface area contributed by atoms with Crippen LogP contribution in [0.4, 0.5) is 5.69 Å². The zero-order valence-corrected chi connectivity index (χ0v) is 14.1. The van der Waals surface area contributed by atoms with E-state index >= 15 is 0 Å². The van der Waals surface area contributed by atoms with Crippen LogP contribution in [0.2, 0.25) is 0 Å². The first kappa shape index (κ1) is 15.9. The largest absolute Gasteiger partial charge is 0.468 e. The summed E-state index contributed by atoms with van der Waals surface area (Å²) in [6.45, 7) is 0.260. The van der Waals surface area contributed by atoms with Crippen molar-refractivity contribution in [2.45, 2.75) is 37.5 Å². The van der Waals surface area contributed by atoms with Crippen LogP contribution in [0.1, 0.15) is 59.5 Å². The Labute approximate surface area is 145 Å². The van der Waals surface area contributed by atoms with Gasteiger partial charge in [-0.15, -0.1) is 0 Å². The van der Waals surface area contributed by atoms with Crippen LogP contribution in [0.5, 0.6) is 0 Å². The van der Waals surface area contributed by atoms with Crippen molar-refractivity contribution in [3.05, 3.63) is 47.7 Å². The van der Waals surface area contributed by atoms with E-state index in [1.807, 2.05) is 24.3 Å². The molecule has 0 spiro atoms. The van der Waals surface area contributed by atoms with Gasteiger partial charge in [-0.05, 0) is 24.5 Å². The standard InChI is InChI=1S/C19H20N2O4/c1-24-19(23)14-10-21(16-9-5-4-8-13(14)16)18(22)15-11-25-17(20-15)12-6-2-3-7-12/h4-5,8-9,11-12,14H,2-3,6-7,10H2,1H3. The number of aromatic nitrogens is 1. The van der Waals surface area contributed by atoms with Crippen LogP contribution >= 0.6 is 0 Å². The van der Waals surface area contributed by atoms with Gasteiger partial charge in [0.2, 0.25) is 0 Å². The predicted octanol–water partition coefficient (Wildman–Crippen LogP) is 3.25. The fourth-order valence-corrected chi connectivity index (χ4v) is 3.83. The van der Waals surface area contributed by atoms with Crippen molar-refractivity contribution in [3.8, 4) is 0 Å². The molecule has 6 nitrogen and oxygen atoms in total. The molecule has 0 N–H and O–H groups in total. The van der Waals surface area contributed by atoms with Crippen LogP contribution in [0.3, 0.4) is 0 Å². The van der Waals surface area contributed by atoms with Crippen molar-refractivity contribution in [2.24, 2.45) is 0 Å². The fourth-order valence-electron chi connectivity index (χ4n) is 3.83. The van der Waals surface area contributed by atoms with Crippen molar-refractivity contribution >= 4 is 17.6 Å². The molecule has 1 amide bonds. The van der Waals surface area contributed by atoms with Crippen LogP contribution < -0.4 is 4.90 Å². The number of benzene rings is 1. The van der Waals surface area contributed by atoms with E-state index in [9.17, 15) is 9.59 Å². The van der Waals surface area contributed by atoms with Gasteiger partial charge in [-0.1, -0.05) is 31.0 Å². The highest BCUT2D eigenvalue weighted by molar-refractivity contribution is 6.07. The summed E-state index contributed by atoms with van der Waals surface area (Å²) in [5.41, 5.74) is 1.83. The van der Waals surface area contributed by atoms with Crippen LogP contribution in [0.15, 0.2) is 34.9 Å². The molecule has 1 saturated carbocycles. The van der Waals surface area contributed by atoms with E-state index in [0.717, 1.165) is 24.1 Å². The first-order chi connectivity index (χ1) is 12.2. The fraction of sp³-hybridized carbons (Fsp3) is 0.421. The molecule has 1 fully saturated rings. The molecule has 1 aliphatic carbocycles. The molecule has 1 aliphatic heterocycles. The number of hydrogen-bond donors (Lipinski definition) is 0. The van der Waals surface area contributed by atoms with Gasteiger partial charge in [0.25, 0.3) is 5.91 Å². The number of esters is 1. The van der Waals surface area contributed by atoms with Gasteiger partial charge in [0, 0.05) is 18.2 Å². The van der Waals surface area contributed by atoms with Crippen LogP contribution in [-0.2, 0) is 9.53 Å². The Morgan fingerprint density at radius 1 is 1.24 bits per heavy atom. The molecule has 2 aliphatic rings. The summed E-state index contributed by atoms with van der Waals surface area (Å²) in [4.78, 5) is 31.0.